The number of methoxy groups -OCH3 is 1. The van der Waals surface area contributed by atoms with Crippen molar-refractivity contribution in [2.75, 3.05) is 7.11 Å². The Kier molecular flexibility index (Phi) is 2.44. The molecule has 0 atom stereocenters. The molecule has 1 aromatic heterocycles. The quantitative estimate of drug-likeness (QED) is 0.692. The molecular weight excluding hydrogens is 212 g/mol. The first kappa shape index (κ1) is 9.75. The summed E-state index contributed by atoms with van der Waals surface area (Å²) < 4.78 is 5.17. The molecule has 0 spiro atoms. The Morgan fingerprint density at radius 1 is 1.40 bits per heavy atom. The molecule has 2 rings (SSSR count). The zero-order valence-electron chi connectivity index (χ0n) is 7.99. The highest BCUT2D eigenvalue weighted by molar-refractivity contribution is 6.30. The molecule has 0 amide bonds. The number of ether oxygens (including phenoxy) is 1. The van der Waals surface area contributed by atoms with E-state index < -0.39 is 0 Å². The van der Waals surface area contributed by atoms with Crippen molar-refractivity contribution in [3.8, 4) is 11.8 Å². The second-order valence-corrected chi connectivity index (χ2v) is 3.38. The molecular formula is C11H7ClN2O. The van der Waals surface area contributed by atoms with Crippen LogP contribution in [0.25, 0.3) is 10.9 Å². The van der Waals surface area contributed by atoms with Crippen LogP contribution in [0.3, 0.4) is 0 Å². The van der Waals surface area contributed by atoms with Crippen molar-refractivity contribution in [2.24, 2.45) is 0 Å². The maximum absolute atomic E-state index is 8.75. The highest BCUT2D eigenvalue weighted by Gasteiger charge is 2.05. The van der Waals surface area contributed by atoms with Crippen LogP contribution in [0.4, 0.5) is 0 Å². The van der Waals surface area contributed by atoms with Crippen molar-refractivity contribution in [3.63, 3.8) is 0 Å². The third kappa shape index (κ3) is 1.72. The topological polar surface area (TPSA) is 45.9 Å². The van der Waals surface area contributed by atoms with E-state index in [4.69, 9.17) is 21.6 Å². The van der Waals surface area contributed by atoms with Crippen LogP contribution in [0.1, 0.15) is 5.56 Å². The Balaban J connectivity index is 2.79. The van der Waals surface area contributed by atoms with Crippen molar-refractivity contribution in [2.45, 2.75) is 0 Å². The van der Waals surface area contributed by atoms with Gasteiger partial charge in [-0.1, -0.05) is 11.6 Å². The van der Waals surface area contributed by atoms with Crippen LogP contribution in [0, 0.1) is 11.3 Å². The highest BCUT2D eigenvalue weighted by Crippen LogP contribution is 2.27. The molecule has 0 radical (unpaired) electrons. The minimum absolute atomic E-state index is 0.356. The van der Waals surface area contributed by atoms with Gasteiger partial charge in [0.1, 0.15) is 10.9 Å². The molecule has 1 heterocycles. The van der Waals surface area contributed by atoms with Gasteiger partial charge in [0, 0.05) is 11.5 Å². The lowest BCUT2D eigenvalue weighted by atomic mass is 10.1. The fraction of sp³-hybridized carbons (Fsp3) is 0.0909. The lowest BCUT2D eigenvalue weighted by Gasteiger charge is -2.05. The van der Waals surface area contributed by atoms with E-state index in [1.54, 1.807) is 31.4 Å². The van der Waals surface area contributed by atoms with Crippen molar-refractivity contribution in [3.05, 3.63) is 35.0 Å². The minimum atomic E-state index is 0.356. The van der Waals surface area contributed by atoms with E-state index in [9.17, 15) is 0 Å². The smallest absolute Gasteiger partial charge is 0.133 e. The molecule has 74 valence electrons. The van der Waals surface area contributed by atoms with Crippen LogP contribution in [-0.2, 0) is 0 Å². The summed E-state index contributed by atoms with van der Waals surface area (Å²) in [4.78, 5) is 4.13. The number of rotatable bonds is 1. The van der Waals surface area contributed by atoms with E-state index in [1.807, 2.05) is 0 Å². The Morgan fingerprint density at radius 3 is 2.87 bits per heavy atom. The molecule has 0 aliphatic carbocycles. The van der Waals surface area contributed by atoms with Gasteiger partial charge >= 0.3 is 0 Å². The highest BCUT2D eigenvalue weighted by atomic mass is 35.5. The predicted molar refractivity (Wildman–Crippen MR) is 58.0 cm³/mol. The first-order chi connectivity index (χ1) is 7.24. The fourth-order valence-corrected chi connectivity index (χ4v) is 1.59. The molecule has 0 saturated heterocycles. The zero-order chi connectivity index (χ0) is 10.8. The Hall–Kier alpha value is -1.79. The average Bonchev–Trinajstić information content (AvgIpc) is 2.26. The maximum atomic E-state index is 8.75. The molecule has 15 heavy (non-hydrogen) atoms. The van der Waals surface area contributed by atoms with Gasteiger partial charge in [-0.25, -0.2) is 4.98 Å². The van der Waals surface area contributed by atoms with Gasteiger partial charge < -0.3 is 4.74 Å². The van der Waals surface area contributed by atoms with E-state index in [2.05, 4.69) is 11.1 Å². The van der Waals surface area contributed by atoms with E-state index in [1.165, 1.54) is 0 Å². The normalized spacial score (nSPS) is 9.93. The van der Waals surface area contributed by atoms with Crippen LogP contribution in [-0.4, -0.2) is 12.1 Å². The summed E-state index contributed by atoms with van der Waals surface area (Å²) in [5.74, 6) is 0.662. The SMILES string of the molecule is COc1cc(Cl)nc2cc(C#N)ccc12. The summed E-state index contributed by atoms with van der Waals surface area (Å²) in [7, 11) is 1.57. The van der Waals surface area contributed by atoms with Gasteiger partial charge in [0.15, 0.2) is 0 Å². The summed E-state index contributed by atoms with van der Waals surface area (Å²) in [6.07, 6.45) is 0. The maximum Gasteiger partial charge on any atom is 0.133 e. The molecule has 0 bridgehead atoms. The monoisotopic (exact) mass is 218 g/mol. The molecule has 0 fully saturated rings. The van der Waals surface area contributed by atoms with Gasteiger partial charge in [0.2, 0.25) is 0 Å². The third-order valence-corrected chi connectivity index (χ3v) is 2.28. The molecule has 3 nitrogen and oxygen atoms in total. The molecule has 0 N–H and O–H groups in total. The Bertz CT molecular complexity index is 560. The summed E-state index contributed by atoms with van der Waals surface area (Å²) in [6, 6.07) is 8.91. The van der Waals surface area contributed by atoms with Gasteiger partial charge in [-0.15, -0.1) is 0 Å². The van der Waals surface area contributed by atoms with Gasteiger partial charge in [0.05, 0.1) is 24.3 Å². The summed E-state index contributed by atoms with van der Waals surface area (Å²) in [5, 5.41) is 9.95. The summed E-state index contributed by atoms with van der Waals surface area (Å²) >= 11 is 5.82. The van der Waals surface area contributed by atoms with Gasteiger partial charge in [-0.3, -0.25) is 0 Å². The number of nitriles is 1. The molecule has 2 aromatic rings. The zero-order valence-corrected chi connectivity index (χ0v) is 8.75. The summed E-state index contributed by atoms with van der Waals surface area (Å²) in [6.45, 7) is 0. The Labute approximate surface area is 91.9 Å². The number of pyridine rings is 1. The molecule has 1 aromatic carbocycles. The number of nitrogens with zero attached hydrogens (tertiary/aromatic N) is 2. The van der Waals surface area contributed by atoms with Gasteiger partial charge in [-0.2, -0.15) is 5.26 Å². The van der Waals surface area contributed by atoms with Crippen molar-refractivity contribution < 1.29 is 4.74 Å². The fourth-order valence-electron chi connectivity index (χ4n) is 1.40. The van der Waals surface area contributed by atoms with Crippen molar-refractivity contribution in [1.29, 1.82) is 5.26 Å². The van der Waals surface area contributed by atoms with Gasteiger partial charge in [-0.05, 0) is 18.2 Å². The van der Waals surface area contributed by atoms with Crippen LogP contribution < -0.4 is 4.74 Å². The number of hydrogen-bond acceptors (Lipinski definition) is 3. The van der Waals surface area contributed by atoms with Crippen molar-refractivity contribution >= 4 is 22.5 Å². The lowest BCUT2D eigenvalue weighted by molar-refractivity contribution is 0.419. The third-order valence-electron chi connectivity index (χ3n) is 2.09. The lowest BCUT2D eigenvalue weighted by Crippen LogP contribution is -1.88. The predicted octanol–water partition coefficient (Wildman–Crippen LogP) is 2.77. The van der Waals surface area contributed by atoms with Crippen LogP contribution in [0.2, 0.25) is 5.15 Å². The number of benzene rings is 1. The molecule has 0 aliphatic heterocycles. The molecule has 0 aliphatic rings. The van der Waals surface area contributed by atoms with E-state index in [0.717, 1.165) is 5.39 Å². The number of aromatic nitrogens is 1. The van der Waals surface area contributed by atoms with Crippen LogP contribution in [0.5, 0.6) is 5.75 Å². The number of hydrogen-bond donors (Lipinski definition) is 0. The Morgan fingerprint density at radius 2 is 2.20 bits per heavy atom. The standard InChI is InChI=1S/C11H7ClN2O/c1-15-10-5-11(12)14-9-4-7(6-13)2-3-8(9)10/h2-5H,1H3. The van der Waals surface area contributed by atoms with Gasteiger partial charge in [0.25, 0.3) is 0 Å². The molecule has 0 saturated carbocycles. The number of halogens is 1. The second-order valence-electron chi connectivity index (χ2n) is 2.99. The summed E-state index contributed by atoms with van der Waals surface area (Å²) in [5.41, 5.74) is 1.22. The molecule has 4 heteroatoms. The second kappa shape index (κ2) is 3.76. The van der Waals surface area contributed by atoms with Crippen molar-refractivity contribution in [1.82, 2.24) is 4.98 Å². The van der Waals surface area contributed by atoms with E-state index in [0.29, 0.717) is 22.0 Å². The average molecular weight is 219 g/mol. The van der Waals surface area contributed by atoms with E-state index in [-0.39, 0.29) is 0 Å². The number of fused-ring (bicyclic) bond motifs is 1. The first-order valence-corrected chi connectivity index (χ1v) is 4.67. The molecule has 0 unspecified atom stereocenters. The van der Waals surface area contributed by atoms with Crippen LogP contribution in [0.15, 0.2) is 24.3 Å². The largest absolute Gasteiger partial charge is 0.496 e. The van der Waals surface area contributed by atoms with E-state index >= 15 is 0 Å². The van der Waals surface area contributed by atoms with Crippen LogP contribution >= 0.6 is 11.6 Å². The first-order valence-electron chi connectivity index (χ1n) is 4.29. The minimum Gasteiger partial charge on any atom is -0.496 e.